The summed E-state index contributed by atoms with van der Waals surface area (Å²) in [6.45, 7) is 3.49. The van der Waals surface area contributed by atoms with Crippen LogP contribution in [-0.2, 0) is 0 Å². The van der Waals surface area contributed by atoms with Crippen molar-refractivity contribution in [3.05, 3.63) is 23.9 Å². The first-order valence-corrected chi connectivity index (χ1v) is 4.79. The maximum Gasteiger partial charge on any atom is 0.257 e. The molecule has 0 unspecified atom stereocenters. The van der Waals surface area contributed by atoms with E-state index in [0.717, 1.165) is 0 Å². The van der Waals surface area contributed by atoms with Crippen molar-refractivity contribution in [3.63, 3.8) is 0 Å². The minimum Gasteiger partial charge on any atom is -0.480 e. The molecule has 1 rings (SSSR count). The summed E-state index contributed by atoms with van der Waals surface area (Å²) in [4.78, 5) is 15.8. The van der Waals surface area contributed by atoms with Gasteiger partial charge in [-0.15, -0.1) is 6.42 Å². The Kier molecular flexibility index (Phi) is 3.51. The minimum absolute atomic E-state index is 0.285. The zero-order valence-electron chi connectivity index (χ0n) is 9.57. The quantitative estimate of drug-likeness (QED) is 0.776. The number of aromatic nitrogens is 1. The van der Waals surface area contributed by atoms with Gasteiger partial charge in [-0.2, -0.15) is 0 Å². The van der Waals surface area contributed by atoms with Crippen LogP contribution in [0.3, 0.4) is 0 Å². The van der Waals surface area contributed by atoms with E-state index in [1.807, 2.05) is 0 Å². The highest BCUT2D eigenvalue weighted by Crippen LogP contribution is 2.14. The molecule has 0 radical (unpaired) electrons. The van der Waals surface area contributed by atoms with Crippen LogP contribution >= 0.6 is 0 Å². The van der Waals surface area contributed by atoms with Crippen molar-refractivity contribution in [2.24, 2.45) is 0 Å². The van der Waals surface area contributed by atoms with Crippen LogP contribution in [-0.4, -0.2) is 23.5 Å². The number of hydrogen-bond acceptors (Lipinski definition) is 3. The van der Waals surface area contributed by atoms with Gasteiger partial charge in [-0.25, -0.2) is 4.98 Å². The molecule has 1 amide bonds. The van der Waals surface area contributed by atoms with E-state index in [9.17, 15) is 4.79 Å². The lowest BCUT2D eigenvalue weighted by atomic mass is 10.1. The van der Waals surface area contributed by atoms with Crippen LogP contribution in [0.1, 0.15) is 24.2 Å². The van der Waals surface area contributed by atoms with Crippen molar-refractivity contribution in [1.29, 1.82) is 0 Å². The van der Waals surface area contributed by atoms with Gasteiger partial charge in [0.25, 0.3) is 5.91 Å². The second-order valence-corrected chi connectivity index (χ2v) is 3.78. The monoisotopic (exact) mass is 218 g/mol. The maximum atomic E-state index is 11.9. The lowest BCUT2D eigenvalue weighted by Crippen LogP contribution is -2.42. The first-order chi connectivity index (χ1) is 7.50. The second kappa shape index (κ2) is 4.67. The number of carbonyl (C=O) groups excluding carboxylic acids is 1. The van der Waals surface area contributed by atoms with Gasteiger partial charge in [-0.1, -0.05) is 5.92 Å². The van der Waals surface area contributed by atoms with Crippen LogP contribution in [0.4, 0.5) is 0 Å². The van der Waals surface area contributed by atoms with Crippen LogP contribution < -0.4 is 10.1 Å². The molecule has 1 aromatic rings. The summed E-state index contributed by atoms with van der Waals surface area (Å²) in [6.07, 6.45) is 6.85. The predicted octanol–water partition coefficient (Wildman–Crippen LogP) is 1.23. The number of amides is 1. The molecule has 0 aliphatic heterocycles. The van der Waals surface area contributed by atoms with E-state index in [4.69, 9.17) is 11.2 Å². The topological polar surface area (TPSA) is 51.2 Å². The number of nitrogens with one attached hydrogen (secondary N) is 1. The number of ether oxygens (including phenoxy) is 1. The van der Waals surface area contributed by atoms with Crippen LogP contribution in [0.2, 0.25) is 0 Å². The fraction of sp³-hybridized carbons (Fsp3) is 0.333. The fourth-order valence-electron chi connectivity index (χ4n) is 1.11. The summed E-state index contributed by atoms with van der Waals surface area (Å²) in [5, 5.41) is 2.70. The van der Waals surface area contributed by atoms with Gasteiger partial charge >= 0.3 is 0 Å². The van der Waals surface area contributed by atoms with Crippen molar-refractivity contribution in [1.82, 2.24) is 10.3 Å². The molecule has 4 heteroatoms. The largest absolute Gasteiger partial charge is 0.480 e. The van der Waals surface area contributed by atoms with Gasteiger partial charge in [0.05, 0.1) is 12.6 Å². The van der Waals surface area contributed by atoms with Gasteiger partial charge in [-0.3, -0.25) is 4.79 Å². The number of hydrogen-bond donors (Lipinski definition) is 1. The first kappa shape index (κ1) is 12.1. The SMILES string of the molecule is C#CC(C)(C)NC(=O)c1cccnc1OC. The Hall–Kier alpha value is -2.02. The molecule has 0 saturated heterocycles. The molecule has 0 fully saturated rings. The molecule has 0 atom stereocenters. The lowest BCUT2D eigenvalue weighted by molar-refractivity contribution is 0.0926. The summed E-state index contributed by atoms with van der Waals surface area (Å²) < 4.78 is 4.99. The summed E-state index contributed by atoms with van der Waals surface area (Å²) in [6, 6.07) is 3.30. The van der Waals surface area contributed by atoms with E-state index in [-0.39, 0.29) is 11.8 Å². The summed E-state index contributed by atoms with van der Waals surface area (Å²) in [5.41, 5.74) is -0.328. The van der Waals surface area contributed by atoms with E-state index >= 15 is 0 Å². The molecule has 0 aromatic carbocycles. The van der Waals surface area contributed by atoms with Crippen molar-refractivity contribution in [2.45, 2.75) is 19.4 Å². The Morgan fingerprint density at radius 3 is 2.88 bits per heavy atom. The zero-order valence-corrected chi connectivity index (χ0v) is 9.57. The van der Waals surface area contributed by atoms with Crippen molar-refractivity contribution >= 4 is 5.91 Å². The Labute approximate surface area is 95.0 Å². The molecule has 16 heavy (non-hydrogen) atoms. The van der Waals surface area contributed by atoms with E-state index in [2.05, 4.69) is 16.2 Å². The summed E-state index contributed by atoms with van der Waals surface area (Å²) in [7, 11) is 1.46. The van der Waals surface area contributed by atoms with E-state index < -0.39 is 5.54 Å². The molecule has 0 spiro atoms. The Bertz CT molecular complexity index is 433. The molecular formula is C12H14N2O2. The molecule has 0 bridgehead atoms. The Morgan fingerprint density at radius 1 is 1.62 bits per heavy atom. The predicted molar refractivity (Wildman–Crippen MR) is 61.2 cm³/mol. The van der Waals surface area contributed by atoms with E-state index in [1.54, 1.807) is 32.2 Å². The standard InChI is InChI=1S/C12H14N2O2/c1-5-12(2,3)14-10(15)9-7-6-8-13-11(9)16-4/h1,6-8H,2-4H3,(H,14,15). The highest BCUT2D eigenvalue weighted by Gasteiger charge is 2.20. The van der Waals surface area contributed by atoms with Crippen LogP contribution in [0, 0.1) is 12.3 Å². The summed E-state index contributed by atoms with van der Waals surface area (Å²) >= 11 is 0. The normalized spacial score (nSPS) is 10.4. The molecule has 1 aromatic heterocycles. The average molecular weight is 218 g/mol. The number of carbonyl (C=O) groups is 1. The van der Waals surface area contributed by atoms with Crippen LogP contribution in [0.15, 0.2) is 18.3 Å². The molecule has 84 valence electrons. The average Bonchev–Trinajstić information content (AvgIpc) is 2.28. The van der Waals surface area contributed by atoms with Crippen molar-refractivity contribution < 1.29 is 9.53 Å². The number of nitrogens with zero attached hydrogens (tertiary/aromatic N) is 1. The van der Waals surface area contributed by atoms with E-state index in [1.165, 1.54) is 7.11 Å². The smallest absolute Gasteiger partial charge is 0.257 e. The fourth-order valence-corrected chi connectivity index (χ4v) is 1.11. The van der Waals surface area contributed by atoms with Gasteiger partial charge in [0, 0.05) is 6.20 Å². The van der Waals surface area contributed by atoms with Crippen LogP contribution in [0.5, 0.6) is 5.88 Å². The summed E-state index contributed by atoms with van der Waals surface area (Å²) in [5.74, 6) is 2.47. The third-order valence-electron chi connectivity index (χ3n) is 2.00. The van der Waals surface area contributed by atoms with Crippen molar-refractivity contribution in [2.75, 3.05) is 7.11 Å². The molecular weight excluding hydrogens is 204 g/mol. The maximum absolute atomic E-state index is 11.9. The Morgan fingerprint density at radius 2 is 2.31 bits per heavy atom. The molecule has 4 nitrogen and oxygen atoms in total. The number of pyridine rings is 1. The highest BCUT2D eigenvalue weighted by molar-refractivity contribution is 5.96. The lowest BCUT2D eigenvalue weighted by Gasteiger charge is -2.19. The van der Waals surface area contributed by atoms with Crippen molar-refractivity contribution in [3.8, 4) is 18.2 Å². The van der Waals surface area contributed by atoms with Gasteiger partial charge in [-0.05, 0) is 26.0 Å². The number of methoxy groups -OCH3 is 1. The third-order valence-corrected chi connectivity index (χ3v) is 2.00. The zero-order chi connectivity index (χ0) is 12.2. The minimum atomic E-state index is -0.696. The number of rotatable bonds is 3. The first-order valence-electron chi connectivity index (χ1n) is 4.79. The number of terminal acetylenes is 1. The Balaban J connectivity index is 2.94. The molecule has 0 saturated carbocycles. The molecule has 0 aliphatic rings. The van der Waals surface area contributed by atoms with Gasteiger partial charge in [0.2, 0.25) is 5.88 Å². The van der Waals surface area contributed by atoms with Gasteiger partial charge < -0.3 is 10.1 Å². The van der Waals surface area contributed by atoms with E-state index in [0.29, 0.717) is 5.56 Å². The van der Waals surface area contributed by atoms with Crippen LogP contribution in [0.25, 0.3) is 0 Å². The molecule has 1 N–H and O–H groups in total. The second-order valence-electron chi connectivity index (χ2n) is 3.78. The highest BCUT2D eigenvalue weighted by atomic mass is 16.5. The van der Waals surface area contributed by atoms with Gasteiger partial charge in [0.1, 0.15) is 5.56 Å². The molecule has 0 aliphatic carbocycles. The third kappa shape index (κ3) is 2.74. The van der Waals surface area contributed by atoms with Gasteiger partial charge in [0.15, 0.2) is 0 Å². The molecule has 1 heterocycles.